The molecule has 0 aliphatic carbocycles. The van der Waals surface area contributed by atoms with Crippen molar-refractivity contribution in [3.63, 3.8) is 0 Å². The third kappa shape index (κ3) is 4.08. The van der Waals surface area contributed by atoms with Crippen molar-refractivity contribution in [2.24, 2.45) is 0 Å². The average Bonchev–Trinajstić information content (AvgIpc) is 2.88. The molecule has 2 aromatic rings. The third-order valence-electron chi connectivity index (χ3n) is 4.22. The van der Waals surface area contributed by atoms with Gasteiger partial charge in [0, 0.05) is 30.9 Å². The monoisotopic (exact) mass is 362 g/mol. The third-order valence-corrected chi connectivity index (χ3v) is 5.68. The number of hydrogen-bond donors (Lipinski definition) is 2. The summed E-state index contributed by atoms with van der Waals surface area (Å²) >= 11 is 0. The van der Waals surface area contributed by atoms with Gasteiger partial charge in [-0.1, -0.05) is 0 Å². The minimum Gasteiger partial charge on any atom is -0.326 e. The van der Waals surface area contributed by atoms with Crippen LogP contribution < -0.4 is 10.0 Å². The van der Waals surface area contributed by atoms with Gasteiger partial charge < -0.3 is 5.32 Å². The lowest BCUT2D eigenvalue weighted by Gasteiger charge is -2.17. The number of aromatic nitrogens is 2. The smallest absolute Gasteiger partial charge is 0.240 e. The van der Waals surface area contributed by atoms with Crippen LogP contribution in [-0.4, -0.2) is 30.7 Å². The molecule has 7 nitrogen and oxygen atoms in total. The molecule has 2 N–H and O–H groups in total. The van der Waals surface area contributed by atoms with Crippen LogP contribution in [-0.2, 0) is 27.8 Å². The van der Waals surface area contributed by atoms with E-state index in [0.29, 0.717) is 38.0 Å². The van der Waals surface area contributed by atoms with E-state index in [1.807, 2.05) is 24.6 Å². The lowest BCUT2D eigenvalue weighted by Crippen LogP contribution is -2.26. The predicted octanol–water partition coefficient (Wildman–Crippen LogP) is 1.75. The van der Waals surface area contributed by atoms with Gasteiger partial charge in [-0.05, 0) is 56.5 Å². The van der Waals surface area contributed by atoms with Crippen molar-refractivity contribution >= 4 is 21.6 Å². The highest BCUT2D eigenvalue weighted by molar-refractivity contribution is 7.89. The molecule has 0 bridgehead atoms. The van der Waals surface area contributed by atoms with Crippen molar-refractivity contribution in [2.75, 3.05) is 11.9 Å². The quantitative estimate of drug-likeness (QED) is 0.766. The molecule has 25 heavy (non-hydrogen) atoms. The van der Waals surface area contributed by atoms with Crippen LogP contribution in [0.5, 0.6) is 0 Å². The summed E-state index contributed by atoms with van der Waals surface area (Å²) in [6.45, 7) is 4.92. The number of aryl methyl sites for hydroxylation is 4. The van der Waals surface area contributed by atoms with E-state index in [-0.39, 0.29) is 10.8 Å². The number of amides is 1. The number of nitrogens with one attached hydrogen (secondary N) is 2. The summed E-state index contributed by atoms with van der Waals surface area (Å²) in [5.74, 6) is -0.0367. The Morgan fingerprint density at radius 3 is 2.76 bits per heavy atom. The highest BCUT2D eigenvalue weighted by Gasteiger charge is 2.19. The van der Waals surface area contributed by atoms with E-state index in [4.69, 9.17) is 0 Å². The average molecular weight is 362 g/mol. The van der Waals surface area contributed by atoms with Gasteiger partial charge in [0.2, 0.25) is 15.9 Å². The second-order valence-electron chi connectivity index (χ2n) is 6.27. The maximum atomic E-state index is 12.4. The normalized spacial score (nSPS) is 14.2. The van der Waals surface area contributed by atoms with Gasteiger partial charge in [0.25, 0.3) is 0 Å². The van der Waals surface area contributed by atoms with Crippen molar-refractivity contribution in [2.45, 2.75) is 44.6 Å². The first-order chi connectivity index (χ1) is 11.8. The van der Waals surface area contributed by atoms with E-state index in [1.54, 1.807) is 12.1 Å². The first-order valence-corrected chi connectivity index (χ1v) is 9.77. The van der Waals surface area contributed by atoms with Crippen molar-refractivity contribution in [1.82, 2.24) is 14.5 Å². The molecule has 0 unspecified atom stereocenters. The first kappa shape index (κ1) is 17.6. The molecule has 2 heterocycles. The zero-order valence-electron chi connectivity index (χ0n) is 14.4. The summed E-state index contributed by atoms with van der Waals surface area (Å²) in [4.78, 5) is 11.6. The van der Waals surface area contributed by atoms with Crippen molar-refractivity contribution in [3.8, 4) is 0 Å². The Morgan fingerprint density at radius 2 is 2.04 bits per heavy atom. The fourth-order valence-electron chi connectivity index (χ4n) is 2.95. The molecule has 1 aromatic heterocycles. The molecule has 0 saturated carbocycles. The van der Waals surface area contributed by atoms with Gasteiger partial charge in [0.05, 0.1) is 10.6 Å². The van der Waals surface area contributed by atoms with Crippen LogP contribution in [0.25, 0.3) is 0 Å². The lowest BCUT2D eigenvalue weighted by molar-refractivity contribution is -0.116. The topological polar surface area (TPSA) is 93.1 Å². The summed E-state index contributed by atoms with van der Waals surface area (Å²) in [5.41, 5.74) is 3.57. The summed E-state index contributed by atoms with van der Waals surface area (Å²) in [6, 6.07) is 6.80. The summed E-state index contributed by atoms with van der Waals surface area (Å²) in [7, 11) is -3.56. The Hall–Kier alpha value is -2.19. The van der Waals surface area contributed by atoms with Crippen LogP contribution in [0.4, 0.5) is 5.69 Å². The van der Waals surface area contributed by atoms with Crippen LogP contribution >= 0.6 is 0 Å². The molecule has 8 heteroatoms. The Bertz CT molecular complexity index is 903. The fraction of sp³-hybridized carbons (Fsp3) is 0.412. The number of anilines is 1. The van der Waals surface area contributed by atoms with E-state index in [2.05, 4.69) is 15.1 Å². The summed E-state index contributed by atoms with van der Waals surface area (Å²) in [6.07, 6.45) is 1.59. The molecule has 134 valence electrons. The van der Waals surface area contributed by atoms with Crippen LogP contribution in [0.3, 0.4) is 0 Å². The minimum absolute atomic E-state index is 0.0367. The molecule has 0 radical (unpaired) electrons. The number of carbonyl (C=O) groups excluding carboxylic acids is 1. The molecule has 0 saturated heterocycles. The largest absolute Gasteiger partial charge is 0.326 e. The zero-order chi connectivity index (χ0) is 18.0. The van der Waals surface area contributed by atoms with E-state index in [1.165, 1.54) is 6.07 Å². The zero-order valence-corrected chi connectivity index (χ0v) is 15.2. The molecule has 1 aromatic carbocycles. The number of carbonyl (C=O) groups is 1. The molecule has 0 fully saturated rings. The molecule has 1 amide bonds. The van der Waals surface area contributed by atoms with Crippen LogP contribution in [0.1, 0.15) is 29.8 Å². The van der Waals surface area contributed by atoms with Crippen LogP contribution in [0.2, 0.25) is 0 Å². The van der Waals surface area contributed by atoms with Crippen molar-refractivity contribution in [1.29, 1.82) is 0 Å². The maximum Gasteiger partial charge on any atom is 0.240 e. The van der Waals surface area contributed by atoms with Crippen LogP contribution in [0, 0.1) is 13.8 Å². The molecule has 0 atom stereocenters. The number of fused-ring (bicyclic) bond motifs is 1. The highest BCUT2D eigenvalue weighted by Crippen LogP contribution is 2.25. The van der Waals surface area contributed by atoms with Crippen molar-refractivity contribution in [3.05, 3.63) is 41.2 Å². The van der Waals surface area contributed by atoms with E-state index in [0.717, 1.165) is 17.0 Å². The number of rotatable bonds is 6. The lowest BCUT2D eigenvalue weighted by atomic mass is 10.0. The van der Waals surface area contributed by atoms with Crippen LogP contribution in [0.15, 0.2) is 29.2 Å². The first-order valence-electron chi connectivity index (χ1n) is 8.29. The van der Waals surface area contributed by atoms with Gasteiger partial charge in [0.1, 0.15) is 0 Å². The fourth-order valence-corrected chi connectivity index (χ4v) is 4.07. The van der Waals surface area contributed by atoms with Gasteiger partial charge in [-0.3, -0.25) is 9.48 Å². The van der Waals surface area contributed by atoms with Gasteiger partial charge >= 0.3 is 0 Å². The van der Waals surface area contributed by atoms with Crippen molar-refractivity contribution < 1.29 is 13.2 Å². The summed E-state index contributed by atoms with van der Waals surface area (Å²) in [5, 5.41) is 7.11. The highest BCUT2D eigenvalue weighted by atomic mass is 32.2. The maximum absolute atomic E-state index is 12.4. The standard InChI is InChI=1S/C17H22N4O3S/c1-12-10-13(2)21(20-12)9-3-8-18-25(23,24)15-5-6-16-14(11-15)4-7-17(22)19-16/h5-6,10-11,18H,3-4,7-9H2,1-2H3,(H,19,22). The Labute approximate surface area is 147 Å². The predicted molar refractivity (Wildman–Crippen MR) is 94.9 cm³/mol. The second kappa shape index (κ2) is 6.97. The molecule has 0 spiro atoms. The van der Waals surface area contributed by atoms with E-state index in [9.17, 15) is 13.2 Å². The van der Waals surface area contributed by atoms with Gasteiger partial charge in [-0.25, -0.2) is 13.1 Å². The molecule has 1 aliphatic heterocycles. The van der Waals surface area contributed by atoms with E-state index < -0.39 is 10.0 Å². The van der Waals surface area contributed by atoms with Gasteiger partial charge in [-0.2, -0.15) is 5.10 Å². The summed E-state index contributed by atoms with van der Waals surface area (Å²) < 4.78 is 29.4. The SMILES string of the molecule is Cc1cc(C)n(CCCNS(=O)(=O)c2ccc3c(c2)CCC(=O)N3)n1. The molecular weight excluding hydrogens is 340 g/mol. The Morgan fingerprint density at radius 1 is 1.24 bits per heavy atom. The van der Waals surface area contributed by atoms with Gasteiger partial charge in [-0.15, -0.1) is 0 Å². The molecule has 1 aliphatic rings. The van der Waals surface area contributed by atoms with E-state index >= 15 is 0 Å². The molecular formula is C17H22N4O3S. The second-order valence-corrected chi connectivity index (χ2v) is 8.04. The number of hydrogen-bond acceptors (Lipinski definition) is 4. The minimum atomic E-state index is -3.56. The molecule has 3 rings (SSSR count). The Kier molecular flexibility index (Phi) is 4.91. The Balaban J connectivity index is 1.60. The number of sulfonamides is 1. The van der Waals surface area contributed by atoms with Gasteiger partial charge in [0.15, 0.2) is 0 Å². The number of benzene rings is 1. The number of nitrogens with zero attached hydrogens (tertiary/aromatic N) is 2.